The van der Waals surface area contributed by atoms with E-state index in [0.717, 1.165) is 30.4 Å². The van der Waals surface area contributed by atoms with Crippen LogP contribution in [0.25, 0.3) is 6.08 Å². The monoisotopic (exact) mass is 504 g/mol. The van der Waals surface area contributed by atoms with E-state index in [2.05, 4.69) is 6.92 Å². The lowest BCUT2D eigenvalue weighted by molar-refractivity contribution is 0.0526. The first-order chi connectivity index (χ1) is 16.8. The minimum atomic E-state index is -3.66. The third-order valence-corrected chi connectivity index (χ3v) is 6.35. The van der Waals surface area contributed by atoms with Crippen molar-refractivity contribution < 1.29 is 31.6 Å². The fourth-order valence-corrected chi connectivity index (χ4v) is 4.33. The molecule has 0 atom stereocenters. The summed E-state index contributed by atoms with van der Waals surface area (Å²) in [7, 11) is -2.19. The first-order valence-corrected chi connectivity index (χ1v) is 13.6. The number of benzene rings is 2. The van der Waals surface area contributed by atoms with Gasteiger partial charge in [0.2, 0.25) is 0 Å². The molecule has 8 heteroatoms. The van der Waals surface area contributed by atoms with Gasteiger partial charge >= 0.3 is 16.1 Å². The smallest absolute Gasteiger partial charge is 0.338 e. The molecule has 0 N–H and O–H groups in total. The lowest BCUT2D eigenvalue weighted by Crippen LogP contribution is -2.14. The molecule has 0 saturated carbocycles. The third kappa shape index (κ3) is 9.28. The van der Waals surface area contributed by atoms with Crippen molar-refractivity contribution >= 4 is 22.2 Å². The van der Waals surface area contributed by atoms with Gasteiger partial charge in [-0.25, -0.2) is 4.79 Å². The van der Waals surface area contributed by atoms with Gasteiger partial charge in [-0.15, -0.1) is 0 Å². The van der Waals surface area contributed by atoms with Crippen LogP contribution in [0.5, 0.6) is 17.2 Å². The molecule has 2 aromatic carbocycles. The van der Waals surface area contributed by atoms with Crippen LogP contribution in [0.3, 0.4) is 0 Å². The van der Waals surface area contributed by atoms with Crippen molar-refractivity contribution in [2.45, 2.75) is 52.9 Å². The average molecular weight is 505 g/mol. The number of methoxy groups -OCH3 is 1. The van der Waals surface area contributed by atoms with Crippen LogP contribution in [0.1, 0.15) is 67.9 Å². The average Bonchev–Trinajstić information content (AvgIpc) is 2.84. The van der Waals surface area contributed by atoms with E-state index in [4.69, 9.17) is 18.4 Å². The maximum Gasteiger partial charge on any atom is 0.338 e. The minimum absolute atomic E-state index is 0.0330. The summed E-state index contributed by atoms with van der Waals surface area (Å²) in [6, 6.07) is 10.4. The molecule has 0 aliphatic rings. The van der Waals surface area contributed by atoms with Crippen LogP contribution in [0.4, 0.5) is 0 Å². The lowest BCUT2D eigenvalue weighted by Gasteiger charge is -2.12. The highest BCUT2D eigenvalue weighted by Crippen LogP contribution is 2.30. The second-order valence-corrected chi connectivity index (χ2v) is 9.66. The second kappa shape index (κ2) is 14.4. The van der Waals surface area contributed by atoms with Gasteiger partial charge in [-0.05, 0) is 56.0 Å². The van der Waals surface area contributed by atoms with Crippen LogP contribution in [0.15, 0.2) is 42.5 Å². The molecule has 0 aromatic heterocycles. The van der Waals surface area contributed by atoms with Crippen LogP contribution < -0.4 is 13.7 Å². The zero-order chi connectivity index (χ0) is 25.7. The zero-order valence-electron chi connectivity index (χ0n) is 21.0. The standard InChI is InChI=1S/C27H36O7S/c1-5-8-17-33-25-20-23(27(28)32-7-3)15-14-22(25)12-10-11-21-13-16-24(26(19-21)31-4)34-35(29,30)18-9-6-2/h10,12-16,19-20H,5-9,11,17-18H2,1-4H3/b12-10+. The minimum Gasteiger partial charge on any atom is -0.493 e. The fraction of sp³-hybridized carbons (Fsp3) is 0.444. The molecule has 0 spiro atoms. The number of carbonyl (C=O) groups is 1. The van der Waals surface area contributed by atoms with E-state index in [1.165, 1.54) is 7.11 Å². The van der Waals surface area contributed by atoms with E-state index in [1.807, 2.05) is 25.1 Å². The molecule has 0 heterocycles. The lowest BCUT2D eigenvalue weighted by atomic mass is 10.1. The molecule has 0 bridgehead atoms. The topological polar surface area (TPSA) is 88.1 Å². The Morgan fingerprint density at radius 1 is 0.943 bits per heavy atom. The number of esters is 1. The molecule has 0 saturated heterocycles. The van der Waals surface area contributed by atoms with Crippen molar-refractivity contribution in [2.24, 2.45) is 0 Å². The molecule has 0 radical (unpaired) electrons. The van der Waals surface area contributed by atoms with Crippen LogP contribution in [-0.2, 0) is 21.3 Å². The van der Waals surface area contributed by atoms with Crippen molar-refractivity contribution in [3.05, 3.63) is 59.2 Å². The number of rotatable bonds is 15. The first-order valence-electron chi connectivity index (χ1n) is 12.0. The van der Waals surface area contributed by atoms with Gasteiger partial charge in [0.1, 0.15) is 5.75 Å². The highest BCUT2D eigenvalue weighted by molar-refractivity contribution is 7.87. The number of hydrogen-bond donors (Lipinski definition) is 0. The molecule has 0 fully saturated rings. The Morgan fingerprint density at radius 2 is 1.71 bits per heavy atom. The van der Waals surface area contributed by atoms with Gasteiger partial charge in [0.05, 0.1) is 31.6 Å². The molecule has 2 rings (SSSR count). The van der Waals surface area contributed by atoms with Crippen molar-refractivity contribution in [3.8, 4) is 17.2 Å². The molecule has 0 amide bonds. The highest BCUT2D eigenvalue weighted by atomic mass is 32.2. The molecule has 2 aromatic rings. The zero-order valence-corrected chi connectivity index (χ0v) is 21.9. The summed E-state index contributed by atoms with van der Waals surface area (Å²) < 4.78 is 45.9. The normalized spacial score (nSPS) is 11.4. The number of ether oxygens (including phenoxy) is 3. The maximum atomic E-state index is 12.1. The van der Waals surface area contributed by atoms with Crippen LogP contribution in [0, 0.1) is 0 Å². The number of hydrogen-bond acceptors (Lipinski definition) is 7. The molecular weight excluding hydrogens is 468 g/mol. The van der Waals surface area contributed by atoms with E-state index in [9.17, 15) is 13.2 Å². The first kappa shape index (κ1) is 28.2. The quantitative estimate of drug-likeness (QED) is 0.172. The molecular formula is C27H36O7S. The van der Waals surface area contributed by atoms with Gasteiger partial charge < -0.3 is 18.4 Å². The molecule has 0 aliphatic carbocycles. The highest BCUT2D eigenvalue weighted by Gasteiger charge is 2.16. The Labute approximate surface area is 209 Å². The summed E-state index contributed by atoms with van der Waals surface area (Å²) in [6.07, 6.45) is 7.70. The van der Waals surface area contributed by atoms with Gasteiger partial charge in [-0.3, -0.25) is 0 Å². The largest absolute Gasteiger partial charge is 0.493 e. The maximum absolute atomic E-state index is 12.1. The van der Waals surface area contributed by atoms with Gasteiger partial charge in [-0.1, -0.05) is 51.0 Å². The number of unbranched alkanes of at least 4 members (excludes halogenated alkanes) is 2. The number of carbonyl (C=O) groups excluding carboxylic acids is 1. The van der Waals surface area contributed by atoms with Gasteiger partial charge in [0.15, 0.2) is 11.5 Å². The van der Waals surface area contributed by atoms with E-state index in [1.54, 1.807) is 37.3 Å². The van der Waals surface area contributed by atoms with Gasteiger partial charge in [-0.2, -0.15) is 8.42 Å². The van der Waals surface area contributed by atoms with Gasteiger partial charge in [0.25, 0.3) is 0 Å². The Balaban J connectivity index is 2.17. The predicted octanol–water partition coefficient (Wildman–Crippen LogP) is 5.82. The predicted molar refractivity (Wildman–Crippen MR) is 138 cm³/mol. The molecule has 7 nitrogen and oxygen atoms in total. The van der Waals surface area contributed by atoms with Crippen LogP contribution in [0.2, 0.25) is 0 Å². The van der Waals surface area contributed by atoms with Crippen molar-refractivity contribution in [2.75, 3.05) is 26.1 Å². The number of allylic oxidation sites excluding steroid dienone is 1. The second-order valence-electron chi connectivity index (χ2n) is 7.97. The van der Waals surface area contributed by atoms with Gasteiger partial charge in [0, 0.05) is 5.56 Å². The molecule has 35 heavy (non-hydrogen) atoms. The van der Waals surface area contributed by atoms with E-state index in [0.29, 0.717) is 43.1 Å². The van der Waals surface area contributed by atoms with E-state index < -0.39 is 10.1 Å². The summed E-state index contributed by atoms with van der Waals surface area (Å²) >= 11 is 0. The summed E-state index contributed by atoms with van der Waals surface area (Å²) in [5.74, 6) is 0.749. The van der Waals surface area contributed by atoms with E-state index in [-0.39, 0.29) is 17.5 Å². The van der Waals surface area contributed by atoms with Crippen molar-refractivity contribution in [1.29, 1.82) is 0 Å². The fourth-order valence-electron chi connectivity index (χ4n) is 3.19. The Morgan fingerprint density at radius 3 is 2.40 bits per heavy atom. The SMILES string of the molecule is CCCCOc1cc(C(=O)OCC)ccc1/C=C/Cc1ccc(OS(=O)(=O)CCCC)c(OC)c1. The summed E-state index contributed by atoms with van der Waals surface area (Å²) in [4.78, 5) is 12.1. The summed E-state index contributed by atoms with van der Waals surface area (Å²) in [6.45, 7) is 6.65. The molecule has 192 valence electrons. The van der Waals surface area contributed by atoms with E-state index >= 15 is 0 Å². The summed E-state index contributed by atoms with van der Waals surface area (Å²) in [5, 5.41) is 0. The van der Waals surface area contributed by atoms with Crippen LogP contribution in [-0.4, -0.2) is 40.5 Å². The Kier molecular flexibility index (Phi) is 11.6. The summed E-state index contributed by atoms with van der Waals surface area (Å²) in [5.41, 5.74) is 2.22. The molecule has 0 unspecified atom stereocenters. The Hall–Kier alpha value is -3.00. The Bertz CT molecular complexity index is 1090. The molecule has 0 aliphatic heterocycles. The van der Waals surface area contributed by atoms with Crippen molar-refractivity contribution in [3.63, 3.8) is 0 Å². The van der Waals surface area contributed by atoms with Crippen LogP contribution >= 0.6 is 0 Å². The van der Waals surface area contributed by atoms with Crippen molar-refractivity contribution in [1.82, 2.24) is 0 Å². The third-order valence-electron chi connectivity index (χ3n) is 5.12.